The summed E-state index contributed by atoms with van der Waals surface area (Å²) in [6, 6.07) is 9.12. The number of aromatic amines is 1. The van der Waals surface area contributed by atoms with Gasteiger partial charge in [-0.25, -0.2) is 0 Å². The molecule has 7 heteroatoms. The first-order valence-corrected chi connectivity index (χ1v) is 8.23. The summed E-state index contributed by atoms with van der Waals surface area (Å²) in [6.07, 6.45) is 2.52. The molecule has 7 nitrogen and oxygen atoms in total. The van der Waals surface area contributed by atoms with Crippen molar-refractivity contribution in [3.63, 3.8) is 0 Å². The number of carbonyl (C=O) groups is 2. The number of hydrogen-bond acceptors (Lipinski definition) is 4. The number of benzene rings is 1. The van der Waals surface area contributed by atoms with Crippen LogP contribution in [0.5, 0.6) is 0 Å². The molecule has 1 saturated heterocycles. The molecule has 1 aliphatic rings. The SMILES string of the molecule is CCc1nc(NC(=O)[C@H]2CCCN2C(=O)Cc2ccccc2)n[nH]1. The fourth-order valence-electron chi connectivity index (χ4n) is 2.91. The average Bonchev–Trinajstić information content (AvgIpc) is 3.24. The predicted octanol–water partition coefficient (Wildman–Crippen LogP) is 1.54. The Morgan fingerprint density at radius 3 is 2.83 bits per heavy atom. The topological polar surface area (TPSA) is 91.0 Å². The van der Waals surface area contributed by atoms with Crippen molar-refractivity contribution in [1.29, 1.82) is 0 Å². The first-order chi connectivity index (χ1) is 11.7. The number of H-pyrrole nitrogens is 1. The molecule has 2 aromatic rings. The highest BCUT2D eigenvalue weighted by atomic mass is 16.2. The number of hydrogen-bond donors (Lipinski definition) is 2. The van der Waals surface area contributed by atoms with Crippen molar-refractivity contribution in [2.75, 3.05) is 11.9 Å². The van der Waals surface area contributed by atoms with E-state index >= 15 is 0 Å². The number of aromatic nitrogens is 3. The molecule has 2 N–H and O–H groups in total. The van der Waals surface area contributed by atoms with Crippen LogP contribution in [-0.4, -0.2) is 44.5 Å². The molecule has 1 atom stereocenters. The minimum Gasteiger partial charge on any atom is -0.330 e. The van der Waals surface area contributed by atoms with Gasteiger partial charge < -0.3 is 4.90 Å². The maximum Gasteiger partial charge on any atom is 0.249 e. The Morgan fingerprint density at radius 2 is 2.12 bits per heavy atom. The Balaban J connectivity index is 1.63. The lowest BCUT2D eigenvalue weighted by Gasteiger charge is -2.23. The molecule has 1 aromatic heterocycles. The van der Waals surface area contributed by atoms with Crippen molar-refractivity contribution in [1.82, 2.24) is 20.1 Å². The molecule has 1 aromatic carbocycles. The molecule has 2 heterocycles. The summed E-state index contributed by atoms with van der Waals surface area (Å²) >= 11 is 0. The summed E-state index contributed by atoms with van der Waals surface area (Å²) in [6.45, 7) is 2.56. The summed E-state index contributed by atoms with van der Waals surface area (Å²) in [5, 5.41) is 9.43. The van der Waals surface area contributed by atoms with Crippen LogP contribution < -0.4 is 5.32 Å². The fourth-order valence-corrected chi connectivity index (χ4v) is 2.91. The van der Waals surface area contributed by atoms with Crippen LogP contribution in [0.2, 0.25) is 0 Å². The summed E-state index contributed by atoms with van der Waals surface area (Å²) in [5.41, 5.74) is 0.954. The second-order valence-corrected chi connectivity index (χ2v) is 5.86. The lowest BCUT2D eigenvalue weighted by Crippen LogP contribution is -2.44. The van der Waals surface area contributed by atoms with Gasteiger partial charge in [-0.05, 0) is 18.4 Å². The Labute approximate surface area is 140 Å². The minimum atomic E-state index is -0.454. The standard InChI is InChI=1S/C17H21N5O2/c1-2-14-18-17(21-20-14)19-16(24)13-9-6-10-22(13)15(23)11-12-7-4-3-5-8-12/h3-5,7-8,13H,2,6,9-11H2,1H3,(H2,18,19,20,21,24)/t13-/m1/s1. The van der Waals surface area contributed by atoms with Gasteiger partial charge in [-0.1, -0.05) is 37.3 Å². The van der Waals surface area contributed by atoms with Gasteiger partial charge >= 0.3 is 0 Å². The molecule has 1 aliphatic heterocycles. The third-order valence-electron chi connectivity index (χ3n) is 4.18. The molecule has 3 rings (SSSR count). The smallest absolute Gasteiger partial charge is 0.249 e. The first-order valence-electron chi connectivity index (χ1n) is 8.23. The van der Waals surface area contributed by atoms with E-state index in [0.29, 0.717) is 31.6 Å². The minimum absolute atomic E-state index is 0.0249. The Hall–Kier alpha value is -2.70. The van der Waals surface area contributed by atoms with E-state index < -0.39 is 6.04 Å². The lowest BCUT2D eigenvalue weighted by atomic mass is 10.1. The summed E-state index contributed by atoms with van der Waals surface area (Å²) in [5.74, 6) is 0.728. The molecule has 0 spiro atoms. The summed E-state index contributed by atoms with van der Waals surface area (Å²) in [7, 11) is 0. The predicted molar refractivity (Wildman–Crippen MR) is 89.3 cm³/mol. The Bertz CT molecular complexity index is 713. The molecule has 126 valence electrons. The van der Waals surface area contributed by atoms with Crippen LogP contribution in [-0.2, 0) is 22.4 Å². The van der Waals surface area contributed by atoms with Crippen LogP contribution in [0.15, 0.2) is 30.3 Å². The highest BCUT2D eigenvalue weighted by Gasteiger charge is 2.34. The van der Waals surface area contributed by atoms with E-state index in [1.165, 1.54) is 0 Å². The van der Waals surface area contributed by atoms with E-state index in [1.807, 2.05) is 37.3 Å². The first kappa shape index (κ1) is 16.2. The molecule has 0 saturated carbocycles. The largest absolute Gasteiger partial charge is 0.330 e. The molecule has 2 amide bonds. The number of likely N-dealkylation sites (tertiary alicyclic amines) is 1. The number of nitrogens with zero attached hydrogens (tertiary/aromatic N) is 3. The molecular weight excluding hydrogens is 306 g/mol. The van der Waals surface area contributed by atoms with Gasteiger partial charge in [0, 0.05) is 13.0 Å². The third kappa shape index (κ3) is 3.61. The van der Waals surface area contributed by atoms with Crippen molar-refractivity contribution in [3.05, 3.63) is 41.7 Å². The Morgan fingerprint density at radius 1 is 1.33 bits per heavy atom. The van der Waals surface area contributed by atoms with Gasteiger partial charge in [0.25, 0.3) is 0 Å². The van der Waals surface area contributed by atoms with Gasteiger partial charge in [0.05, 0.1) is 6.42 Å². The molecule has 0 aliphatic carbocycles. The number of carbonyl (C=O) groups excluding carboxylic acids is 2. The van der Waals surface area contributed by atoms with Gasteiger partial charge in [-0.3, -0.25) is 20.0 Å². The van der Waals surface area contributed by atoms with E-state index in [2.05, 4.69) is 20.5 Å². The van der Waals surface area contributed by atoms with Crippen molar-refractivity contribution in [3.8, 4) is 0 Å². The van der Waals surface area contributed by atoms with Crippen LogP contribution in [0.25, 0.3) is 0 Å². The lowest BCUT2D eigenvalue weighted by molar-refractivity contribution is -0.136. The molecule has 1 fully saturated rings. The number of aryl methyl sites for hydroxylation is 1. The second-order valence-electron chi connectivity index (χ2n) is 5.86. The number of amides is 2. The zero-order valence-electron chi connectivity index (χ0n) is 13.7. The number of nitrogens with one attached hydrogen (secondary N) is 2. The van der Waals surface area contributed by atoms with Crippen LogP contribution >= 0.6 is 0 Å². The zero-order chi connectivity index (χ0) is 16.9. The van der Waals surface area contributed by atoms with E-state index in [9.17, 15) is 9.59 Å². The van der Waals surface area contributed by atoms with Crippen LogP contribution in [0.4, 0.5) is 5.95 Å². The highest BCUT2D eigenvalue weighted by Crippen LogP contribution is 2.20. The second kappa shape index (κ2) is 7.25. The van der Waals surface area contributed by atoms with E-state index in [-0.39, 0.29) is 17.8 Å². The van der Waals surface area contributed by atoms with E-state index in [0.717, 1.165) is 12.0 Å². The van der Waals surface area contributed by atoms with Crippen molar-refractivity contribution >= 4 is 17.8 Å². The van der Waals surface area contributed by atoms with Crippen LogP contribution in [0.3, 0.4) is 0 Å². The van der Waals surface area contributed by atoms with E-state index in [1.54, 1.807) is 4.90 Å². The normalized spacial score (nSPS) is 17.0. The van der Waals surface area contributed by atoms with Crippen molar-refractivity contribution in [2.24, 2.45) is 0 Å². The van der Waals surface area contributed by atoms with Crippen LogP contribution in [0, 0.1) is 0 Å². The molecule has 0 bridgehead atoms. The third-order valence-corrected chi connectivity index (χ3v) is 4.18. The Kier molecular flexibility index (Phi) is 4.88. The summed E-state index contributed by atoms with van der Waals surface area (Å²) in [4.78, 5) is 30.9. The highest BCUT2D eigenvalue weighted by molar-refractivity contribution is 5.96. The van der Waals surface area contributed by atoms with Crippen molar-refractivity contribution < 1.29 is 9.59 Å². The number of rotatable bonds is 5. The zero-order valence-corrected chi connectivity index (χ0v) is 13.7. The molecule has 0 unspecified atom stereocenters. The van der Waals surface area contributed by atoms with Gasteiger partial charge in [-0.15, -0.1) is 5.10 Å². The fraction of sp³-hybridized carbons (Fsp3) is 0.412. The van der Waals surface area contributed by atoms with Crippen LogP contribution in [0.1, 0.15) is 31.2 Å². The van der Waals surface area contributed by atoms with Gasteiger partial charge in [-0.2, -0.15) is 4.98 Å². The quantitative estimate of drug-likeness (QED) is 0.871. The summed E-state index contributed by atoms with van der Waals surface area (Å²) < 4.78 is 0. The molecule has 0 radical (unpaired) electrons. The maximum absolute atomic E-state index is 12.5. The average molecular weight is 327 g/mol. The van der Waals surface area contributed by atoms with E-state index in [4.69, 9.17) is 0 Å². The maximum atomic E-state index is 12.5. The molecule has 24 heavy (non-hydrogen) atoms. The van der Waals surface area contributed by atoms with Gasteiger partial charge in [0.2, 0.25) is 17.8 Å². The van der Waals surface area contributed by atoms with Gasteiger partial charge in [0.1, 0.15) is 11.9 Å². The van der Waals surface area contributed by atoms with Crippen molar-refractivity contribution in [2.45, 2.75) is 38.6 Å². The number of anilines is 1. The monoisotopic (exact) mass is 327 g/mol. The van der Waals surface area contributed by atoms with Gasteiger partial charge in [0.15, 0.2) is 0 Å². The molecular formula is C17H21N5O2.